The van der Waals surface area contributed by atoms with E-state index in [0.29, 0.717) is 0 Å². The van der Waals surface area contributed by atoms with Crippen molar-refractivity contribution in [3.05, 3.63) is 18.7 Å². The minimum absolute atomic E-state index is 0. The molecule has 1 rings (SSSR count). The first kappa shape index (κ1) is 6.13. The molecule has 0 fully saturated rings. The van der Waals surface area contributed by atoms with Crippen LogP contribution in [0.3, 0.4) is 0 Å². The van der Waals surface area contributed by atoms with E-state index in [0.717, 1.165) is 0 Å². The van der Waals surface area contributed by atoms with E-state index in [4.69, 9.17) is 0 Å². The molecule has 0 unspecified atom stereocenters. The number of nitrogens with zero attached hydrogens (tertiary/aromatic N) is 1. The summed E-state index contributed by atoms with van der Waals surface area (Å²) in [6.07, 6.45) is 5.08. The number of nitrogens with one attached hydrogen (secondary N) is 1. The maximum absolute atomic E-state index is 3.67. The first-order chi connectivity index (χ1) is 2.50. The smallest absolute Gasteiger partial charge is 0.0919 e. The number of rotatable bonds is 0. The maximum atomic E-state index is 3.67. The third-order valence-corrected chi connectivity index (χ3v) is 0.406. The van der Waals surface area contributed by atoms with Crippen LogP contribution in [0.25, 0.3) is 0 Å². The van der Waals surface area contributed by atoms with Crippen molar-refractivity contribution in [2.45, 2.75) is 0 Å². The van der Waals surface area contributed by atoms with E-state index in [1.165, 1.54) is 0 Å². The van der Waals surface area contributed by atoms with E-state index in [1.807, 2.05) is 0 Å². The first-order valence-electron chi connectivity index (χ1n) is 1.43. The quantitative estimate of drug-likeness (QED) is 0.576. The second kappa shape index (κ2) is 3.33. The van der Waals surface area contributed by atoms with Crippen molar-refractivity contribution in [2.24, 2.45) is 0 Å². The summed E-state index contributed by atoms with van der Waals surface area (Å²) in [5, 5.41) is 0. The number of hydrogen-bond acceptors (Lipinski definition) is 1. The van der Waals surface area contributed by atoms with Gasteiger partial charge in [-0.25, -0.2) is 4.98 Å². The van der Waals surface area contributed by atoms with E-state index in [1.54, 1.807) is 18.7 Å². The normalized spacial score (nSPS) is 6.67. The van der Waals surface area contributed by atoms with Gasteiger partial charge in [-0.2, -0.15) is 0 Å². The summed E-state index contributed by atoms with van der Waals surface area (Å²) in [6.45, 7) is 0. The Morgan fingerprint density at radius 1 is 1.50 bits per heavy atom. The van der Waals surface area contributed by atoms with Crippen LogP contribution in [-0.2, 0) is 27.3 Å². The molecule has 0 aliphatic carbocycles. The minimum Gasteiger partial charge on any atom is -0.351 e. The summed E-state index contributed by atoms with van der Waals surface area (Å²) >= 11 is 0. The third-order valence-electron chi connectivity index (χ3n) is 0.406. The summed E-state index contributed by atoms with van der Waals surface area (Å²) in [5.74, 6) is 0. The third kappa shape index (κ3) is 1.54. The van der Waals surface area contributed by atoms with Gasteiger partial charge in [-0.15, -0.1) is 0 Å². The molecule has 1 aromatic heterocycles. The van der Waals surface area contributed by atoms with E-state index >= 15 is 0 Å². The standard InChI is InChI=1S/C3H4N2.Cd/c1-2-5-3-4-1;/h1-3H,(H,4,5);. The molecular weight excluding hydrogens is 176 g/mol. The van der Waals surface area contributed by atoms with Gasteiger partial charge in [-0.1, -0.05) is 0 Å². The zero-order valence-corrected chi connectivity index (χ0v) is 7.42. The van der Waals surface area contributed by atoms with E-state index in [2.05, 4.69) is 9.97 Å². The number of imidazole rings is 1. The average molecular weight is 180 g/mol. The van der Waals surface area contributed by atoms with Gasteiger partial charge in [0.25, 0.3) is 0 Å². The summed E-state index contributed by atoms with van der Waals surface area (Å²) in [7, 11) is 0. The molecule has 1 N–H and O–H groups in total. The van der Waals surface area contributed by atoms with Crippen molar-refractivity contribution < 1.29 is 27.3 Å². The number of hydrogen-bond donors (Lipinski definition) is 1. The van der Waals surface area contributed by atoms with Crippen molar-refractivity contribution in [3.63, 3.8) is 0 Å². The monoisotopic (exact) mass is 182 g/mol. The van der Waals surface area contributed by atoms with Gasteiger partial charge in [-0.3, -0.25) is 0 Å². The van der Waals surface area contributed by atoms with Gasteiger partial charge in [0.1, 0.15) is 0 Å². The van der Waals surface area contributed by atoms with Crippen LogP contribution < -0.4 is 0 Å². The van der Waals surface area contributed by atoms with Crippen LogP contribution >= 0.6 is 0 Å². The van der Waals surface area contributed by atoms with E-state index in [-0.39, 0.29) is 27.3 Å². The molecule has 0 aliphatic rings. The zero-order chi connectivity index (χ0) is 3.54. The predicted molar refractivity (Wildman–Crippen MR) is 18.6 cm³/mol. The van der Waals surface area contributed by atoms with Gasteiger partial charge in [0, 0.05) is 39.7 Å². The van der Waals surface area contributed by atoms with Crippen LogP contribution in [0.15, 0.2) is 18.7 Å². The van der Waals surface area contributed by atoms with Gasteiger partial charge in [0.2, 0.25) is 0 Å². The minimum atomic E-state index is 0. The maximum Gasteiger partial charge on any atom is 0.0919 e. The van der Waals surface area contributed by atoms with Crippen molar-refractivity contribution in [1.29, 1.82) is 0 Å². The van der Waals surface area contributed by atoms with E-state index in [9.17, 15) is 0 Å². The Labute approximate surface area is 56.1 Å². The average Bonchev–Trinajstić information content (AvgIpc) is 1.76. The molecule has 0 spiro atoms. The molecule has 0 saturated heterocycles. The predicted octanol–water partition coefficient (Wildman–Crippen LogP) is 0.407. The molecule has 0 saturated carbocycles. The fourth-order valence-corrected chi connectivity index (χ4v) is 0.215. The Hall–Kier alpha value is 0.132. The van der Waals surface area contributed by atoms with Crippen LogP contribution in [-0.4, -0.2) is 9.97 Å². The topological polar surface area (TPSA) is 28.7 Å². The second-order valence-electron chi connectivity index (χ2n) is 0.761. The molecule has 0 aliphatic heterocycles. The molecule has 28 valence electrons. The molecule has 3 heteroatoms. The molecule has 0 radical (unpaired) electrons. The van der Waals surface area contributed by atoms with Crippen molar-refractivity contribution in [2.75, 3.05) is 0 Å². The van der Waals surface area contributed by atoms with Gasteiger partial charge in [0.15, 0.2) is 0 Å². The van der Waals surface area contributed by atoms with Gasteiger partial charge in [-0.05, 0) is 0 Å². The Morgan fingerprint density at radius 3 is 2.50 bits per heavy atom. The van der Waals surface area contributed by atoms with Crippen molar-refractivity contribution >= 4 is 0 Å². The van der Waals surface area contributed by atoms with Crippen LogP contribution in [0.5, 0.6) is 0 Å². The number of aromatic amines is 1. The molecule has 0 amide bonds. The molecule has 1 aromatic rings. The fraction of sp³-hybridized carbons (Fsp3) is 0. The van der Waals surface area contributed by atoms with Gasteiger partial charge < -0.3 is 4.98 Å². The summed E-state index contributed by atoms with van der Waals surface area (Å²) < 4.78 is 0. The Kier molecular flexibility index (Phi) is 3.40. The SMILES string of the molecule is [Cd].c1c[nH]cn1. The Bertz CT molecular complexity index is 65.3. The summed E-state index contributed by atoms with van der Waals surface area (Å²) in [5.41, 5.74) is 0. The number of aromatic nitrogens is 2. The van der Waals surface area contributed by atoms with Crippen LogP contribution in [0.1, 0.15) is 0 Å². The molecular formula is C3H4CdN2. The zero-order valence-electron chi connectivity index (χ0n) is 3.39. The van der Waals surface area contributed by atoms with Gasteiger partial charge in [0.05, 0.1) is 6.33 Å². The first-order valence-corrected chi connectivity index (χ1v) is 1.43. The molecule has 2 nitrogen and oxygen atoms in total. The van der Waals surface area contributed by atoms with Crippen LogP contribution in [0.2, 0.25) is 0 Å². The molecule has 0 bridgehead atoms. The molecule has 0 aromatic carbocycles. The van der Waals surface area contributed by atoms with Crippen LogP contribution in [0.4, 0.5) is 0 Å². The fourth-order valence-electron chi connectivity index (χ4n) is 0.215. The Balaban J connectivity index is 0.000000250. The van der Waals surface area contributed by atoms with Gasteiger partial charge >= 0.3 is 0 Å². The Morgan fingerprint density at radius 2 is 2.33 bits per heavy atom. The molecule has 6 heavy (non-hydrogen) atoms. The second-order valence-corrected chi connectivity index (χ2v) is 0.761. The molecule has 1 heterocycles. The largest absolute Gasteiger partial charge is 0.351 e. The number of H-pyrrole nitrogens is 1. The molecule has 0 atom stereocenters. The van der Waals surface area contributed by atoms with Crippen molar-refractivity contribution in [3.8, 4) is 0 Å². The van der Waals surface area contributed by atoms with Crippen molar-refractivity contribution in [1.82, 2.24) is 9.97 Å². The van der Waals surface area contributed by atoms with Crippen LogP contribution in [0, 0.1) is 0 Å². The summed E-state index contributed by atoms with van der Waals surface area (Å²) in [4.78, 5) is 6.42. The van der Waals surface area contributed by atoms with E-state index < -0.39 is 0 Å². The summed E-state index contributed by atoms with van der Waals surface area (Å²) in [6, 6.07) is 0.